The van der Waals surface area contributed by atoms with E-state index in [2.05, 4.69) is 5.32 Å². The number of rotatable bonds is 4. The topological polar surface area (TPSA) is 66.5 Å². The van der Waals surface area contributed by atoms with E-state index in [0.717, 1.165) is 5.56 Å². The Morgan fingerprint density at radius 2 is 1.76 bits per heavy atom. The predicted molar refractivity (Wildman–Crippen MR) is 110 cm³/mol. The van der Waals surface area contributed by atoms with Crippen molar-refractivity contribution in [1.29, 1.82) is 0 Å². The van der Waals surface area contributed by atoms with E-state index in [1.54, 1.807) is 48.5 Å². The van der Waals surface area contributed by atoms with Gasteiger partial charge in [0.05, 0.1) is 10.6 Å². The van der Waals surface area contributed by atoms with Gasteiger partial charge in [-0.15, -0.1) is 0 Å². The van der Waals surface area contributed by atoms with Crippen molar-refractivity contribution in [1.82, 2.24) is 0 Å². The lowest BCUT2D eigenvalue weighted by Gasteiger charge is -2.30. The Bertz CT molecular complexity index is 1160. The number of hydrogen-bond acceptors (Lipinski definition) is 3. The molecule has 3 aromatic carbocycles. The second kappa shape index (κ2) is 7.67. The maximum atomic E-state index is 13.3. The lowest BCUT2D eigenvalue weighted by Crippen LogP contribution is -2.35. The summed E-state index contributed by atoms with van der Waals surface area (Å²) >= 11 is 0. The average molecular weight is 410 g/mol. The monoisotopic (exact) mass is 410 g/mol. The van der Waals surface area contributed by atoms with Gasteiger partial charge < -0.3 is 5.32 Å². The molecule has 0 unspecified atom stereocenters. The highest BCUT2D eigenvalue weighted by atomic mass is 32.2. The quantitative estimate of drug-likeness (QED) is 0.700. The zero-order valence-corrected chi connectivity index (χ0v) is 16.3. The fourth-order valence-electron chi connectivity index (χ4n) is 3.44. The van der Waals surface area contributed by atoms with Gasteiger partial charge in [0.15, 0.2) is 0 Å². The summed E-state index contributed by atoms with van der Waals surface area (Å²) in [6, 6.07) is 18.9. The van der Waals surface area contributed by atoms with Crippen LogP contribution in [0, 0.1) is 5.82 Å². The fraction of sp³-hybridized carbons (Fsp3) is 0.136. The van der Waals surface area contributed by atoms with Crippen molar-refractivity contribution < 1.29 is 17.6 Å². The summed E-state index contributed by atoms with van der Waals surface area (Å²) in [6.07, 6.45) is 1.39. The molecule has 0 saturated carbocycles. The molecule has 1 amide bonds. The highest BCUT2D eigenvalue weighted by molar-refractivity contribution is 7.92. The van der Waals surface area contributed by atoms with Gasteiger partial charge in [0, 0.05) is 17.8 Å². The molecule has 0 fully saturated rings. The molecule has 5 nitrogen and oxygen atoms in total. The molecule has 148 valence electrons. The number of nitrogens with zero attached hydrogens (tertiary/aromatic N) is 1. The first-order valence-electron chi connectivity index (χ1n) is 9.23. The Morgan fingerprint density at radius 3 is 2.52 bits per heavy atom. The van der Waals surface area contributed by atoms with Crippen LogP contribution >= 0.6 is 0 Å². The smallest absolute Gasteiger partial charge is 0.264 e. The molecule has 1 heterocycles. The van der Waals surface area contributed by atoms with Crippen molar-refractivity contribution in [3.8, 4) is 0 Å². The Hall–Kier alpha value is -3.19. The van der Waals surface area contributed by atoms with Gasteiger partial charge in [-0.25, -0.2) is 12.8 Å². The summed E-state index contributed by atoms with van der Waals surface area (Å²) in [6.45, 7) is 0.402. The van der Waals surface area contributed by atoms with E-state index in [1.165, 1.54) is 28.6 Å². The third-order valence-electron chi connectivity index (χ3n) is 4.83. The maximum Gasteiger partial charge on any atom is 0.264 e. The van der Waals surface area contributed by atoms with Gasteiger partial charge in [0.2, 0.25) is 0 Å². The van der Waals surface area contributed by atoms with Crippen molar-refractivity contribution in [2.45, 2.75) is 17.7 Å². The van der Waals surface area contributed by atoms with E-state index < -0.39 is 21.7 Å². The molecule has 7 heteroatoms. The van der Waals surface area contributed by atoms with Gasteiger partial charge in [-0.05, 0) is 66.9 Å². The third-order valence-corrected chi connectivity index (χ3v) is 6.66. The minimum atomic E-state index is -3.65. The van der Waals surface area contributed by atoms with Gasteiger partial charge in [0.1, 0.15) is 5.82 Å². The van der Waals surface area contributed by atoms with Crippen molar-refractivity contribution in [2.75, 3.05) is 16.2 Å². The van der Waals surface area contributed by atoms with E-state index in [9.17, 15) is 17.6 Å². The lowest BCUT2D eigenvalue weighted by molar-refractivity contribution is 0.102. The molecule has 0 spiro atoms. The van der Waals surface area contributed by atoms with E-state index in [-0.39, 0.29) is 10.5 Å². The largest absolute Gasteiger partial charge is 0.322 e. The number of halogens is 1. The number of amides is 1. The second-order valence-corrected chi connectivity index (χ2v) is 8.66. The number of benzene rings is 3. The van der Waals surface area contributed by atoms with Crippen LogP contribution in [0.4, 0.5) is 15.8 Å². The van der Waals surface area contributed by atoms with Crippen LogP contribution in [0.25, 0.3) is 0 Å². The molecular weight excluding hydrogens is 391 g/mol. The summed E-state index contributed by atoms with van der Waals surface area (Å²) in [5.41, 5.74) is 2.21. The third kappa shape index (κ3) is 3.86. The van der Waals surface area contributed by atoms with Gasteiger partial charge in [0.25, 0.3) is 15.9 Å². The number of sulfonamides is 1. The van der Waals surface area contributed by atoms with Crippen molar-refractivity contribution in [3.05, 3.63) is 89.7 Å². The Kier molecular flexibility index (Phi) is 5.07. The first kappa shape index (κ1) is 19.1. The number of carbonyl (C=O) groups excluding carboxylic acids is 1. The minimum absolute atomic E-state index is 0.219. The van der Waals surface area contributed by atoms with Crippen molar-refractivity contribution >= 4 is 27.3 Å². The van der Waals surface area contributed by atoms with Crippen LogP contribution in [-0.4, -0.2) is 20.9 Å². The van der Waals surface area contributed by atoms with E-state index >= 15 is 0 Å². The van der Waals surface area contributed by atoms with E-state index in [4.69, 9.17) is 0 Å². The molecule has 1 N–H and O–H groups in total. The van der Waals surface area contributed by atoms with E-state index in [1.807, 2.05) is 0 Å². The van der Waals surface area contributed by atoms with Crippen LogP contribution in [0.5, 0.6) is 0 Å². The zero-order chi connectivity index (χ0) is 20.4. The number of anilines is 2. The van der Waals surface area contributed by atoms with Gasteiger partial charge in [-0.1, -0.05) is 24.3 Å². The first-order chi connectivity index (χ1) is 13.9. The number of aryl methyl sites for hydroxylation is 1. The maximum absolute atomic E-state index is 13.3. The Labute approximate surface area is 168 Å². The van der Waals surface area contributed by atoms with Crippen molar-refractivity contribution in [3.63, 3.8) is 0 Å². The lowest BCUT2D eigenvalue weighted by atomic mass is 10.0. The summed E-state index contributed by atoms with van der Waals surface area (Å²) < 4.78 is 40.9. The van der Waals surface area contributed by atoms with Crippen LogP contribution in [0.15, 0.2) is 77.7 Å². The standard InChI is InChI=1S/C22H19FN2O3S/c23-18-8-4-6-17(14-18)22(26)24-19-11-12-21-16(15-19)7-5-13-25(21)29(27,28)20-9-2-1-3-10-20/h1-4,6,8-12,14-15H,5,7,13H2,(H,24,26). The van der Waals surface area contributed by atoms with Gasteiger partial charge in [-0.2, -0.15) is 0 Å². The fourth-order valence-corrected chi connectivity index (χ4v) is 5.00. The van der Waals surface area contributed by atoms with Crippen LogP contribution in [0.1, 0.15) is 22.3 Å². The second-order valence-electron chi connectivity index (χ2n) is 6.80. The minimum Gasteiger partial charge on any atom is -0.322 e. The Balaban J connectivity index is 1.61. The molecule has 1 aliphatic rings. The normalized spacial score (nSPS) is 13.6. The highest BCUT2D eigenvalue weighted by Gasteiger charge is 2.29. The number of hydrogen-bond donors (Lipinski definition) is 1. The summed E-state index contributed by atoms with van der Waals surface area (Å²) in [7, 11) is -3.65. The number of fused-ring (bicyclic) bond motifs is 1. The van der Waals surface area contributed by atoms with Gasteiger partial charge in [-0.3, -0.25) is 9.10 Å². The molecule has 0 atom stereocenters. The predicted octanol–water partition coefficient (Wildman–Crippen LogP) is 4.22. The van der Waals surface area contributed by atoms with Crippen LogP contribution < -0.4 is 9.62 Å². The zero-order valence-electron chi connectivity index (χ0n) is 15.5. The molecule has 0 bridgehead atoms. The molecule has 0 saturated heterocycles. The van der Waals surface area contributed by atoms with Gasteiger partial charge >= 0.3 is 0 Å². The van der Waals surface area contributed by atoms with Crippen LogP contribution in [0.2, 0.25) is 0 Å². The molecular formula is C22H19FN2O3S. The van der Waals surface area contributed by atoms with Crippen LogP contribution in [-0.2, 0) is 16.4 Å². The average Bonchev–Trinajstić information content (AvgIpc) is 2.73. The first-order valence-corrected chi connectivity index (χ1v) is 10.7. The SMILES string of the molecule is O=C(Nc1ccc2c(c1)CCCN2S(=O)(=O)c1ccccc1)c1cccc(F)c1. The van der Waals surface area contributed by atoms with E-state index in [0.29, 0.717) is 30.8 Å². The molecule has 4 rings (SSSR count). The molecule has 3 aromatic rings. The summed E-state index contributed by atoms with van der Waals surface area (Å²) in [5, 5.41) is 2.75. The molecule has 1 aliphatic heterocycles. The number of nitrogens with one attached hydrogen (secondary N) is 1. The highest BCUT2D eigenvalue weighted by Crippen LogP contribution is 2.33. The summed E-state index contributed by atoms with van der Waals surface area (Å²) in [5.74, 6) is -0.904. The summed E-state index contributed by atoms with van der Waals surface area (Å²) in [4.78, 5) is 12.6. The molecule has 0 aromatic heterocycles. The number of carbonyl (C=O) groups is 1. The Morgan fingerprint density at radius 1 is 0.966 bits per heavy atom. The van der Waals surface area contributed by atoms with Crippen molar-refractivity contribution in [2.24, 2.45) is 0 Å². The molecule has 29 heavy (non-hydrogen) atoms. The van der Waals surface area contributed by atoms with Crippen LogP contribution in [0.3, 0.4) is 0 Å². The molecule has 0 aliphatic carbocycles. The molecule has 0 radical (unpaired) electrons.